The Hall–Kier alpha value is -5.54. The van der Waals surface area contributed by atoms with Gasteiger partial charge in [0.2, 0.25) is 5.91 Å². The standard InChI is InChI=1S/C36H31N3O5S/c1-43-28-18-19-33(44-2)31(22-28)38-34(40)23-45-29-16-9-15-27(21-29)37-36(42)32(39-35(41)25-11-4-3-5-12-25)20-26-14-8-13-24-10-6-7-17-30(24)26/h3-22H,23H2,1-2H3,(H,37,42)(H,38,40)(H,39,41)/b32-20+. The largest absolute Gasteiger partial charge is 0.497 e. The van der Waals surface area contributed by atoms with E-state index in [1.807, 2.05) is 54.6 Å². The number of amides is 3. The fourth-order valence-corrected chi connectivity index (χ4v) is 5.34. The highest BCUT2D eigenvalue weighted by molar-refractivity contribution is 8.00. The zero-order valence-electron chi connectivity index (χ0n) is 24.7. The molecule has 0 aliphatic heterocycles. The predicted molar refractivity (Wildman–Crippen MR) is 180 cm³/mol. The maximum absolute atomic E-state index is 13.6. The molecule has 0 spiro atoms. The molecule has 0 atom stereocenters. The second-order valence-corrected chi connectivity index (χ2v) is 10.9. The average molecular weight is 618 g/mol. The zero-order chi connectivity index (χ0) is 31.6. The van der Waals surface area contributed by atoms with Gasteiger partial charge >= 0.3 is 0 Å². The maximum Gasteiger partial charge on any atom is 0.272 e. The van der Waals surface area contributed by atoms with Gasteiger partial charge in [0.25, 0.3) is 11.8 Å². The summed E-state index contributed by atoms with van der Waals surface area (Å²) in [7, 11) is 3.08. The molecular weight excluding hydrogens is 586 g/mol. The van der Waals surface area contributed by atoms with Crippen molar-refractivity contribution in [2.24, 2.45) is 0 Å². The van der Waals surface area contributed by atoms with Gasteiger partial charge in [-0.15, -0.1) is 11.8 Å². The van der Waals surface area contributed by atoms with Crippen molar-refractivity contribution in [1.82, 2.24) is 5.32 Å². The summed E-state index contributed by atoms with van der Waals surface area (Å²) in [6.45, 7) is 0. The topological polar surface area (TPSA) is 106 Å². The lowest BCUT2D eigenvalue weighted by atomic mass is 10.0. The average Bonchev–Trinajstić information content (AvgIpc) is 3.07. The highest BCUT2D eigenvalue weighted by Gasteiger charge is 2.16. The molecule has 0 saturated carbocycles. The SMILES string of the molecule is COc1ccc(OC)c(NC(=O)CSc2cccc(NC(=O)/C(=C\c3cccc4ccccc34)NC(=O)c3ccccc3)c2)c1. The van der Waals surface area contributed by atoms with Gasteiger partial charge in [0.1, 0.15) is 17.2 Å². The van der Waals surface area contributed by atoms with Gasteiger partial charge in [-0.05, 0) is 64.9 Å². The van der Waals surface area contributed by atoms with E-state index < -0.39 is 11.8 Å². The third-order valence-corrected chi connectivity index (χ3v) is 7.79. The number of carbonyl (C=O) groups is 3. The van der Waals surface area contributed by atoms with Crippen LogP contribution in [0.25, 0.3) is 16.8 Å². The number of nitrogens with one attached hydrogen (secondary N) is 3. The Morgan fingerprint density at radius 2 is 1.51 bits per heavy atom. The normalized spacial score (nSPS) is 11.0. The molecule has 0 aliphatic carbocycles. The molecule has 0 radical (unpaired) electrons. The summed E-state index contributed by atoms with van der Waals surface area (Å²) in [5.74, 6) is 0.112. The number of carbonyl (C=O) groups excluding carboxylic acids is 3. The highest BCUT2D eigenvalue weighted by Crippen LogP contribution is 2.30. The van der Waals surface area contributed by atoms with Gasteiger partial charge < -0.3 is 25.4 Å². The van der Waals surface area contributed by atoms with Crippen LogP contribution in [0.1, 0.15) is 15.9 Å². The van der Waals surface area contributed by atoms with Gasteiger partial charge in [-0.2, -0.15) is 0 Å². The van der Waals surface area contributed by atoms with E-state index in [0.717, 1.165) is 21.2 Å². The van der Waals surface area contributed by atoms with Crippen LogP contribution in [0, 0.1) is 0 Å². The van der Waals surface area contributed by atoms with Crippen molar-refractivity contribution in [3.63, 3.8) is 0 Å². The van der Waals surface area contributed by atoms with Crippen molar-refractivity contribution in [3.8, 4) is 11.5 Å². The van der Waals surface area contributed by atoms with Gasteiger partial charge in [0.05, 0.1) is 25.7 Å². The minimum Gasteiger partial charge on any atom is -0.497 e. The first-order valence-corrected chi connectivity index (χ1v) is 15.0. The lowest BCUT2D eigenvalue weighted by Crippen LogP contribution is -2.30. The lowest BCUT2D eigenvalue weighted by molar-refractivity contribution is -0.114. The summed E-state index contributed by atoms with van der Waals surface area (Å²) in [6.07, 6.45) is 1.67. The predicted octanol–water partition coefficient (Wildman–Crippen LogP) is 7.00. The number of ether oxygens (including phenoxy) is 2. The second kappa shape index (κ2) is 14.8. The maximum atomic E-state index is 13.6. The molecule has 226 valence electrons. The molecule has 0 fully saturated rings. The first-order valence-electron chi connectivity index (χ1n) is 14.1. The van der Waals surface area contributed by atoms with Gasteiger partial charge in [0.15, 0.2) is 0 Å². The van der Waals surface area contributed by atoms with Crippen molar-refractivity contribution in [2.45, 2.75) is 4.90 Å². The molecule has 8 nitrogen and oxygen atoms in total. The van der Waals surface area contributed by atoms with Gasteiger partial charge in [-0.3, -0.25) is 14.4 Å². The molecule has 5 aromatic carbocycles. The molecule has 5 aromatic rings. The van der Waals surface area contributed by atoms with Crippen LogP contribution in [0.5, 0.6) is 11.5 Å². The number of hydrogen-bond acceptors (Lipinski definition) is 6. The summed E-state index contributed by atoms with van der Waals surface area (Å²) < 4.78 is 10.6. The minimum absolute atomic E-state index is 0.0878. The number of hydrogen-bond donors (Lipinski definition) is 3. The molecule has 0 aromatic heterocycles. The van der Waals surface area contributed by atoms with Crippen molar-refractivity contribution in [3.05, 3.63) is 132 Å². The van der Waals surface area contributed by atoms with Gasteiger partial charge in [-0.1, -0.05) is 66.7 Å². The first kappa shape index (κ1) is 30.9. The highest BCUT2D eigenvalue weighted by atomic mass is 32.2. The van der Waals surface area contributed by atoms with E-state index >= 15 is 0 Å². The van der Waals surface area contributed by atoms with E-state index in [9.17, 15) is 14.4 Å². The number of benzene rings is 5. The zero-order valence-corrected chi connectivity index (χ0v) is 25.5. The summed E-state index contributed by atoms with van der Waals surface area (Å²) in [5, 5.41) is 10.5. The Bertz CT molecular complexity index is 1870. The van der Waals surface area contributed by atoms with Crippen molar-refractivity contribution < 1.29 is 23.9 Å². The van der Waals surface area contributed by atoms with Crippen LogP contribution in [0.15, 0.2) is 126 Å². The fourth-order valence-electron chi connectivity index (χ4n) is 4.58. The minimum atomic E-state index is -0.489. The van der Waals surface area contributed by atoms with E-state index in [1.165, 1.54) is 18.9 Å². The number of rotatable bonds is 11. The number of thioether (sulfide) groups is 1. The number of anilines is 2. The van der Waals surface area contributed by atoms with Gasteiger partial charge in [0, 0.05) is 22.2 Å². The van der Waals surface area contributed by atoms with Gasteiger partial charge in [-0.25, -0.2) is 0 Å². The van der Waals surface area contributed by atoms with E-state index in [0.29, 0.717) is 28.4 Å². The van der Waals surface area contributed by atoms with E-state index in [-0.39, 0.29) is 17.4 Å². The van der Waals surface area contributed by atoms with E-state index in [2.05, 4.69) is 16.0 Å². The Kier molecular flexibility index (Phi) is 10.1. The van der Waals surface area contributed by atoms with Crippen LogP contribution in [0.3, 0.4) is 0 Å². The molecule has 0 aliphatic rings. The van der Waals surface area contributed by atoms with Crippen molar-refractivity contribution >= 4 is 57.7 Å². The third-order valence-electron chi connectivity index (χ3n) is 6.79. The summed E-state index contributed by atoms with van der Waals surface area (Å²) in [4.78, 5) is 40.2. The van der Waals surface area contributed by atoms with Crippen LogP contribution in [-0.2, 0) is 9.59 Å². The van der Waals surface area contributed by atoms with E-state index in [4.69, 9.17) is 9.47 Å². The summed E-state index contributed by atoms with van der Waals surface area (Å²) in [6, 6.07) is 34.7. The fraction of sp³-hybridized carbons (Fsp3) is 0.0833. The van der Waals surface area contributed by atoms with Crippen LogP contribution < -0.4 is 25.4 Å². The van der Waals surface area contributed by atoms with Crippen LogP contribution in [0.2, 0.25) is 0 Å². The van der Waals surface area contributed by atoms with E-state index in [1.54, 1.807) is 73.8 Å². The molecule has 5 rings (SSSR count). The molecule has 0 heterocycles. The lowest BCUT2D eigenvalue weighted by Gasteiger charge is -2.13. The molecule has 3 amide bonds. The summed E-state index contributed by atoms with van der Waals surface area (Å²) in [5.41, 5.74) is 2.32. The smallest absolute Gasteiger partial charge is 0.272 e. The Morgan fingerprint density at radius 1 is 0.756 bits per heavy atom. The van der Waals surface area contributed by atoms with Crippen LogP contribution in [-0.4, -0.2) is 37.7 Å². The Labute approximate surface area is 265 Å². The Balaban J connectivity index is 1.32. The first-order chi connectivity index (χ1) is 21.9. The van der Waals surface area contributed by atoms with Crippen LogP contribution in [0.4, 0.5) is 11.4 Å². The van der Waals surface area contributed by atoms with Crippen molar-refractivity contribution in [1.29, 1.82) is 0 Å². The third kappa shape index (κ3) is 8.10. The van der Waals surface area contributed by atoms with Crippen molar-refractivity contribution in [2.75, 3.05) is 30.6 Å². The Morgan fingerprint density at radius 3 is 2.31 bits per heavy atom. The number of methoxy groups -OCH3 is 2. The molecule has 3 N–H and O–H groups in total. The van der Waals surface area contributed by atoms with Crippen LogP contribution >= 0.6 is 11.8 Å². The monoisotopic (exact) mass is 617 g/mol. The number of fused-ring (bicyclic) bond motifs is 1. The molecule has 45 heavy (non-hydrogen) atoms. The molecule has 0 saturated heterocycles. The quantitative estimate of drug-likeness (QED) is 0.109. The second-order valence-electron chi connectivity index (χ2n) is 9.83. The summed E-state index contributed by atoms with van der Waals surface area (Å²) >= 11 is 1.31. The molecule has 0 unspecified atom stereocenters. The molecule has 0 bridgehead atoms. The molecule has 9 heteroatoms. The molecular formula is C36H31N3O5S.